The molecule has 0 bridgehead atoms. The third kappa shape index (κ3) is 3.18. The van der Waals surface area contributed by atoms with Crippen molar-refractivity contribution >= 4 is 6.01 Å². The fourth-order valence-electron chi connectivity index (χ4n) is 1.43. The van der Waals surface area contributed by atoms with Gasteiger partial charge < -0.3 is 19.8 Å². The summed E-state index contributed by atoms with van der Waals surface area (Å²) in [5.41, 5.74) is 0. The van der Waals surface area contributed by atoms with Crippen molar-refractivity contribution in [2.45, 2.75) is 25.9 Å². The van der Waals surface area contributed by atoms with E-state index in [0.29, 0.717) is 31.1 Å². The minimum Gasteiger partial charge on any atom is -0.407 e. The summed E-state index contributed by atoms with van der Waals surface area (Å²) in [4.78, 5) is 0. The van der Waals surface area contributed by atoms with Crippen molar-refractivity contribution in [3.63, 3.8) is 0 Å². The molecule has 0 aromatic carbocycles. The van der Waals surface area contributed by atoms with E-state index in [1.807, 2.05) is 0 Å². The van der Waals surface area contributed by atoms with E-state index in [2.05, 4.69) is 27.8 Å². The van der Waals surface area contributed by atoms with E-state index in [9.17, 15) is 0 Å². The van der Waals surface area contributed by atoms with Crippen LogP contribution in [-0.2, 0) is 11.3 Å². The van der Waals surface area contributed by atoms with E-state index in [4.69, 9.17) is 9.15 Å². The average Bonchev–Trinajstić information content (AvgIpc) is 2.78. The van der Waals surface area contributed by atoms with Crippen molar-refractivity contribution in [1.82, 2.24) is 15.5 Å². The van der Waals surface area contributed by atoms with Gasteiger partial charge in [0.1, 0.15) is 0 Å². The van der Waals surface area contributed by atoms with Crippen LogP contribution in [0, 0.1) is 5.92 Å². The van der Waals surface area contributed by atoms with Crippen molar-refractivity contribution < 1.29 is 9.15 Å². The molecule has 2 rings (SSSR count). The average molecular weight is 226 g/mol. The van der Waals surface area contributed by atoms with Crippen LogP contribution in [0.1, 0.15) is 19.2 Å². The smallest absolute Gasteiger partial charge is 0.315 e. The minimum absolute atomic E-state index is 0.509. The molecule has 0 saturated heterocycles. The van der Waals surface area contributed by atoms with Crippen LogP contribution in [0.2, 0.25) is 0 Å². The van der Waals surface area contributed by atoms with Crippen LogP contribution in [0.25, 0.3) is 0 Å². The number of ether oxygens (including phenoxy) is 1. The highest BCUT2D eigenvalue weighted by molar-refractivity contribution is 5.23. The molecule has 16 heavy (non-hydrogen) atoms. The van der Waals surface area contributed by atoms with Gasteiger partial charge in [0, 0.05) is 19.7 Å². The molecule has 2 unspecified atom stereocenters. The summed E-state index contributed by atoms with van der Waals surface area (Å²) in [5.74, 6) is 1.32. The van der Waals surface area contributed by atoms with Gasteiger partial charge >= 0.3 is 6.01 Å². The number of nitrogens with zero attached hydrogens (tertiary/aromatic N) is 2. The van der Waals surface area contributed by atoms with Crippen molar-refractivity contribution in [1.29, 1.82) is 0 Å². The lowest BCUT2D eigenvalue weighted by molar-refractivity contribution is 0.198. The fraction of sp³-hybridized carbons (Fsp3) is 0.800. The lowest BCUT2D eigenvalue weighted by atomic mass is 10.5. The number of aromatic nitrogens is 2. The molecule has 6 nitrogen and oxygen atoms in total. The summed E-state index contributed by atoms with van der Waals surface area (Å²) in [6.07, 6.45) is 1.18. The van der Waals surface area contributed by atoms with E-state index >= 15 is 0 Å². The van der Waals surface area contributed by atoms with Crippen LogP contribution >= 0.6 is 0 Å². The maximum absolute atomic E-state index is 5.43. The van der Waals surface area contributed by atoms with Crippen LogP contribution in [0.4, 0.5) is 6.01 Å². The van der Waals surface area contributed by atoms with Gasteiger partial charge in [-0.2, -0.15) is 0 Å². The molecule has 1 aromatic heterocycles. The molecule has 0 amide bonds. The zero-order chi connectivity index (χ0) is 11.4. The van der Waals surface area contributed by atoms with Crippen LogP contribution in [-0.4, -0.2) is 36.5 Å². The third-order valence-electron chi connectivity index (χ3n) is 2.64. The Bertz CT molecular complexity index is 328. The first-order valence-corrected chi connectivity index (χ1v) is 5.58. The molecule has 1 saturated carbocycles. The van der Waals surface area contributed by atoms with Crippen LogP contribution in [0.3, 0.4) is 0 Å². The lowest BCUT2D eigenvalue weighted by Crippen LogP contribution is -2.18. The molecule has 6 heteroatoms. The molecule has 2 N–H and O–H groups in total. The monoisotopic (exact) mass is 226 g/mol. The highest BCUT2D eigenvalue weighted by Crippen LogP contribution is 2.32. The maximum atomic E-state index is 5.43. The molecule has 1 aliphatic carbocycles. The molecule has 1 heterocycles. The molecule has 0 aliphatic heterocycles. The quantitative estimate of drug-likeness (QED) is 0.664. The molecule has 0 spiro atoms. The van der Waals surface area contributed by atoms with Gasteiger partial charge in [-0.25, -0.2) is 0 Å². The molecule has 1 fully saturated rings. The molecule has 2 atom stereocenters. The SMILES string of the molecule is COCCNCc1nnc(NC2CC2C)o1. The predicted molar refractivity (Wildman–Crippen MR) is 59.1 cm³/mol. The Hall–Kier alpha value is -1.14. The number of nitrogens with one attached hydrogen (secondary N) is 2. The number of anilines is 1. The highest BCUT2D eigenvalue weighted by atomic mass is 16.5. The summed E-state index contributed by atoms with van der Waals surface area (Å²) in [7, 11) is 1.67. The van der Waals surface area contributed by atoms with Gasteiger partial charge in [-0.3, -0.25) is 0 Å². The molecule has 1 aromatic rings. The van der Waals surface area contributed by atoms with Crippen molar-refractivity contribution in [3.05, 3.63) is 5.89 Å². The Balaban J connectivity index is 1.70. The summed E-state index contributed by atoms with van der Waals surface area (Å²) in [6, 6.07) is 1.03. The molecule has 1 aliphatic rings. The van der Waals surface area contributed by atoms with Crippen LogP contribution < -0.4 is 10.6 Å². The summed E-state index contributed by atoms with van der Waals surface area (Å²) < 4.78 is 10.3. The predicted octanol–water partition coefficient (Wildman–Crippen LogP) is 0.626. The first-order chi connectivity index (χ1) is 7.79. The van der Waals surface area contributed by atoms with Crippen molar-refractivity contribution in [2.24, 2.45) is 5.92 Å². The second kappa shape index (κ2) is 5.27. The van der Waals surface area contributed by atoms with Gasteiger partial charge in [0.15, 0.2) is 0 Å². The Kier molecular flexibility index (Phi) is 3.74. The normalized spacial score (nSPS) is 23.4. The van der Waals surface area contributed by atoms with Gasteiger partial charge in [-0.1, -0.05) is 12.0 Å². The zero-order valence-electron chi connectivity index (χ0n) is 9.69. The lowest BCUT2D eigenvalue weighted by Gasteiger charge is -1.99. The van der Waals surface area contributed by atoms with Crippen LogP contribution in [0.5, 0.6) is 0 Å². The summed E-state index contributed by atoms with van der Waals surface area (Å²) in [6.45, 7) is 4.24. The summed E-state index contributed by atoms with van der Waals surface area (Å²) >= 11 is 0. The van der Waals surface area contributed by atoms with E-state index in [-0.39, 0.29) is 0 Å². The second-order valence-corrected chi connectivity index (χ2v) is 4.13. The number of hydrogen-bond acceptors (Lipinski definition) is 6. The Morgan fingerprint density at radius 1 is 1.50 bits per heavy atom. The number of rotatable bonds is 7. The van der Waals surface area contributed by atoms with Gasteiger partial charge in [0.05, 0.1) is 13.2 Å². The highest BCUT2D eigenvalue weighted by Gasteiger charge is 2.33. The molecule has 0 radical (unpaired) electrons. The fourth-order valence-corrected chi connectivity index (χ4v) is 1.43. The standard InChI is InChI=1S/C10H18N4O2/c1-7-5-8(7)12-10-14-13-9(16-10)6-11-3-4-15-2/h7-8,11H,3-6H2,1-2H3,(H,12,14). The van der Waals surface area contributed by atoms with Gasteiger partial charge in [0.2, 0.25) is 5.89 Å². The maximum Gasteiger partial charge on any atom is 0.315 e. The second-order valence-electron chi connectivity index (χ2n) is 4.13. The van der Waals surface area contributed by atoms with Crippen molar-refractivity contribution in [3.8, 4) is 0 Å². The van der Waals surface area contributed by atoms with Gasteiger partial charge in [-0.15, -0.1) is 5.10 Å². The molecule has 90 valence electrons. The van der Waals surface area contributed by atoms with E-state index in [1.54, 1.807) is 7.11 Å². The van der Waals surface area contributed by atoms with E-state index in [0.717, 1.165) is 12.5 Å². The number of methoxy groups -OCH3 is 1. The van der Waals surface area contributed by atoms with Crippen LogP contribution in [0.15, 0.2) is 4.42 Å². The first-order valence-electron chi connectivity index (χ1n) is 5.58. The third-order valence-corrected chi connectivity index (χ3v) is 2.64. The van der Waals surface area contributed by atoms with Crippen molar-refractivity contribution in [2.75, 3.05) is 25.6 Å². The zero-order valence-corrected chi connectivity index (χ0v) is 9.69. The molecular formula is C10H18N4O2. The van der Waals surface area contributed by atoms with Gasteiger partial charge in [-0.05, 0) is 12.3 Å². The van der Waals surface area contributed by atoms with E-state index in [1.165, 1.54) is 6.42 Å². The Labute approximate surface area is 94.8 Å². The Morgan fingerprint density at radius 2 is 2.31 bits per heavy atom. The number of hydrogen-bond donors (Lipinski definition) is 2. The first kappa shape index (κ1) is 11.3. The minimum atomic E-state index is 0.509. The van der Waals surface area contributed by atoms with E-state index < -0.39 is 0 Å². The Morgan fingerprint density at radius 3 is 3.00 bits per heavy atom. The van der Waals surface area contributed by atoms with Gasteiger partial charge in [0.25, 0.3) is 0 Å². The summed E-state index contributed by atoms with van der Waals surface area (Å²) in [5, 5.41) is 14.2. The largest absolute Gasteiger partial charge is 0.407 e. The topological polar surface area (TPSA) is 72.2 Å². The molecular weight excluding hydrogens is 208 g/mol.